The van der Waals surface area contributed by atoms with Crippen molar-refractivity contribution >= 4 is 0 Å². The number of hydrogen-bond donors (Lipinski definition) is 1. The molecule has 2 N–H and O–H groups in total. The normalized spacial score (nSPS) is 18.6. The quantitative estimate of drug-likeness (QED) is 0.908. The van der Waals surface area contributed by atoms with Gasteiger partial charge in [0.2, 0.25) is 0 Å². The first-order valence-electron chi connectivity index (χ1n) is 7.27. The topological polar surface area (TPSA) is 53.1 Å². The summed E-state index contributed by atoms with van der Waals surface area (Å²) in [5, 5.41) is 0. The van der Waals surface area contributed by atoms with Gasteiger partial charge in [0.05, 0.1) is 6.61 Å². The van der Waals surface area contributed by atoms with Gasteiger partial charge >= 0.3 is 0 Å². The van der Waals surface area contributed by atoms with Crippen molar-refractivity contribution in [3.8, 4) is 5.75 Å². The van der Waals surface area contributed by atoms with Gasteiger partial charge in [0.25, 0.3) is 0 Å². The molecule has 3 rings (SSSR count). The molecule has 4 nitrogen and oxygen atoms in total. The maximum Gasteiger partial charge on any atom is 0.122 e. The fourth-order valence-electron chi connectivity index (χ4n) is 2.87. The van der Waals surface area contributed by atoms with Gasteiger partial charge < -0.3 is 15.0 Å². The highest BCUT2D eigenvalue weighted by Crippen LogP contribution is 2.35. The summed E-state index contributed by atoms with van der Waals surface area (Å²) in [6.45, 7) is 3.85. The molecule has 0 saturated heterocycles. The van der Waals surface area contributed by atoms with Crippen molar-refractivity contribution in [1.29, 1.82) is 0 Å². The van der Waals surface area contributed by atoms with E-state index in [1.165, 1.54) is 5.56 Å². The smallest absolute Gasteiger partial charge is 0.122 e. The minimum Gasteiger partial charge on any atom is -0.493 e. The third kappa shape index (κ3) is 2.43. The summed E-state index contributed by atoms with van der Waals surface area (Å²) in [5.74, 6) is 2.31. The molecule has 1 aliphatic rings. The number of benzene rings is 1. The predicted molar refractivity (Wildman–Crippen MR) is 78.9 cm³/mol. The highest BCUT2D eigenvalue weighted by atomic mass is 16.5. The van der Waals surface area contributed by atoms with Crippen LogP contribution in [0.2, 0.25) is 0 Å². The Balaban J connectivity index is 1.74. The van der Waals surface area contributed by atoms with E-state index in [0.29, 0.717) is 6.61 Å². The van der Waals surface area contributed by atoms with Crippen LogP contribution in [0.15, 0.2) is 36.7 Å². The minimum atomic E-state index is 0.0386. The number of imidazole rings is 1. The van der Waals surface area contributed by atoms with Crippen molar-refractivity contribution in [2.24, 2.45) is 5.73 Å². The highest BCUT2D eigenvalue weighted by molar-refractivity contribution is 5.40. The number of aromatic nitrogens is 2. The molecule has 1 aromatic carbocycles. The molecular formula is C16H21N3O. The van der Waals surface area contributed by atoms with E-state index in [1.807, 2.05) is 30.6 Å². The third-order valence-electron chi connectivity index (χ3n) is 3.94. The van der Waals surface area contributed by atoms with Crippen molar-refractivity contribution in [2.75, 3.05) is 6.61 Å². The molecule has 106 valence electrons. The minimum absolute atomic E-state index is 0.0386. The van der Waals surface area contributed by atoms with Crippen LogP contribution in [0.25, 0.3) is 0 Å². The lowest BCUT2D eigenvalue weighted by Crippen LogP contribution is -2.32. The predicted octanol–water partition coefficient (Wildman–Crippen LogP) is 2.34. The van der Waals surface area contributed by atoms with Crippen molar-refractivity contribution < 1.29 is 4.74 Å². The van der Waals surface area contributed by atoms with E-state index in [1.54, 1.807) is 0 Å². The molecule has 0 radical (unpaired) electrons. The maximum atomic E-state index is 6.42. The molecule has 0 fully saturated rings. The second kappa shape index (κ2) is 5.67. The van der Waals surface area contributed by atoms with E-state index < -0.39 is 0 Å². The zero-order valence-corrected chi connectivity index (χ0v) is 11.8. The molecule has 2 atom stereocenters. The van der Waals surface area contributed by atoms with E-state index in [9.17, 15) is 0 Å². The van der Waals surface area contributed by atoms with Crippen molar-refractivity contribution in [3.63, 3.8) is 0 Å². The maximum absolute atomic E-state index is 6.42. The lowest BCUT2D eigenvalue weighted by molar-refractivity contribution is 0.312. The van der Waals surface area contributed by atoms with Crippen molar-refractivity contribution in [3.05, 3.63) is 48.0 Å². The Bertz CT molecular complexity index is 579. The second-order valence-electron chi connectivity index (χ2n) is 5.36. The average molecular weight is 271 g/mol. The van der Waals surface area contributed by atoms with Crippen LogP contribution in [0.1, 0.15) is 30.7 Å². The van der Waals surface area contributed by atoms with Crippen LogP contribution < -0.4 is 10.5 Å². The molecule has 2 heterocycles. The molecule has 1 aromatic heterocycles. The van der Waals surface area contributed by atoms with Gasteiger partial charge in [-0.05, 0) is 12.5 Å². The van der Waals surface area contributed by atoms with Crippen LogP contribution in [-0.2, 0) is 13.0 Å². The number of hydrogen-bond acceptors (Lipinski definition) is 3. The summed E-state index contributed by atoms with van der Waals surface area (Å²) < 4.78 is 7.92. The lowest BCUT2D eigenvalue weighted by Gasteiger charge is -2.18. The van der Waals surface area contributed by atoms with Crippen molar-refractivity contribution in [2.45, 2.75) is 38.3 Å². The Morgan fingerprint density at radius 2 is 2.30 bits per heavy atom. The Morgan fingerprint density at radius 1 is 1.45 bits per heavy atom. The van der Waals surface area contributed by atoms with Gasteiger partial charge in [0.15, 0.2) is 0 Å². The monoisotopic (exact) mass is 271 g/mol. The zero-order valence-electron chi connectivity index (χ0n) is 11.8. The van der Waals surface area contributed by atoms with E-state index in [0.717, 1.165) is 31.0 Å². The number of nitrogens with zero attached hydrogens (tertiary/aromatic N) is 2. The molecular weight excluding hydrogens is 250 g/mol. The first-order valence-corrected chi connectivity index (χ1v) is 7.27. The summed E-state index contributed by atoms with van der Waals surface area (Å²) in [6.07, 6.45) is 5.78. The molecule has 2 unspecified atom stereocenters. The largest absolute Gasteiger partial charge is 0.493 e. The third-order valence-corrected chi connectivity index (χ3v) is 3.94. The number of para-hydroxylation sites is 1. The molecule has 0 saturated carbocycles. The van der Waals surface area contributed by atoms with E-state index in [2.05, 4.69) is 22.5 Å². The number of ether oxygens (including phenoxy) is 1. The van der Waals surface area contributed by atoms with Crippen LogP contribution in [0, 0.1) is 0 Å². The van der Waals surface area contributed by atoms with Gasteiger partial charge in [0.1, 0.15) is 11.6 Å². The number of rotatable bonds is 5. The highest BCUT2D eigenvalue weighted by Gasteiger charge is 2.29. The van der Waals surface area contributed by atoms with Gasteiger partial charge in [0, 0.05) is 42.9 Å². The Labute approximate surface area is 119 Å². The van der Waals surface area contributed by atoms with Crippen LogP contribution in [0.5, 0.6) is 5.75 Å². The van der Waals surface area contributed by atoms with Gasteiger partial charge in [-0.25, -0.2) is 4.98 Å². The molecule has 4 heteroatoms. The van der Waals surface area contributed by atoms with Gasteiger partial charge in [-0.15, -0.1) is 0 Å². The Hall–Kier alpha value is -1.81. The van der Waals surface area contributed by atoms with E-state index in [-0.39, 0.29) is 12.0 Å². The lowest BCUT2D eigenvalue weighted by atomic mass is 9.92. The Kier molecular flexibility index (Phi) is 3.74. The van der Waals surface area contributed by atoms with Crippen LogP contribution in [0.4, 0.5) is 0 Å². The first-order chi connectivity index (χ1) is 9.79. The van der Waals surface area contributed by atoms with Crippen LogP contribution in [0.3, 0.4) is 0 Å². The fourth-order valence-corrected chi connectivity index (χ4v) is 2.87. The molecule has 1 aliphatic heterocycles. The molecule has 0 spiro atoms. The first kappa shape index (κ1) is 13.2. The number of fused-ring (bicyclic) bond motifs is 1. The standard InChI is InChI=1S/C16H21N3O/c1-2-8-19-9-7-18-16(19)10-14(17)13-11-20-15-6-4-3-5-12(13)15/h3-7,9,13-14H,2,8,10-11,17H2,1H3. The second-order valence-corrected chi connectivity index (χ2v) is 5.36. The van der Waals surface area contributed by atoms with Crippen LogP contribution >= 0.6 is 0 Å². The average Bonchev–Trinajstić information content (AvgIpc) is 3.06. The zero-order chi connectivity index (χ0) is 13.9. The number of nitrogens with two attached hydrogens (primary N) is 1. The Morgan fingerprint density at radius 3 is 3.15 bits per heavy atom. The summed E-state index contributed by atoms with van der Waals surface area (Å²) in [6, 6.07) is 8.22. The molecule has 0 amide bonds. The summed E-state index contributed by atoms with van der Waals surface area (Å²) >= 11 is 0. The summed E-state index contributed by atoms with van der Waals surface area (Å²) in [7, 11) is 0. The van der Waals surface area contributed by atoms with Gasteiger partial charge in [-0.2, -0.15) is 0 Å². The van der Waals surface area contributed by atoms with E-state index >= 15 is 0 Å². The van der Waals surface area contributed by atoms with E-state index in [4.69, 9.17) is 10.5 Å². The van der Waals surface area contributed by atoms with Crippen molar-refractivity contribution in [1.82, 2.24) is 9.55 Å². The van der Waals surface area contributed by atoms with Gasteiger partial charge in [-0.3, -0.25) is 0 Å². The van der Waals surface area contributed by atoms with Gasteiger partial charge in [-0.1, -0.05) is 25.1 Å². The number of aryl methyl sites for hydroxylation is 1. The SMILES string of the molecule is CCCn1ccnc1CC(N)C1COc2ccccc21. The van der Waals surface area contributed by atoms with Crippen LogP contribution in [-0.4, -0.2) is 22.2 Å². The molecule has 20 heavy (non-hydrogen) atoms. The molecule has 0 bridgehead atoms. The molecule has 0 aliphatic carbocycles. The summed E-state index contributed by atoms with van der Waals surface area (Å²) in [5.41, 5.74) is 7.65. The summed E-state index contributed by atoms with van der Waals surface area (Å²) in [4.78, 5) is 4.44. The molecule has 2 aromatic rings. The fraction of sp³-hybridized carbons (Fsp3) is 0.438.